The van der Waals surface area contributed by atoms with Gasteiger partial charge in [0.25, 0.3) is 0 Å². The van der Waals surface area contributed by atoms with Gasteiger partial charge in [-0.15, -0.1) is 12.4 Å². The van der Waals surface area contributed by atoms with Crippen LogP contribution in [0.15, 0.2) is 46.8 Å². The quantitative estimate of drug-likeness (QED) is 0.380. The second kappa shape index (κ2) is 13.1. The van der Waals surface area contributed by atoms with Gasteiger partial charge >= 0.3 is 0 Å². The molecule has 0 bridgehead atoms. The maximum Gasteiger partial charge on any atom is 0.227 e. The minimum absolute atomic E-state index is 0. The zero-order valence-electron chi connectivity index (χ0n) is 24.6. The summed E-state index contributed by atoms with van der Waals surface area (Å²) in [6, 6.07) is 4.11. The zero-order valence-corrected chi connectivity index (χ0v) is 27.0. The van der Waals surface area contributed by atoms with Crippen molar-refractivity contribution in [1.82, 2.24) is 29.8 Å². The van der Waals surface area contributed by atoms with E-state index in [1.165, 1.54) is 11.8 Å². The highest BCUT2D eigenvalue weighted by molar-refractivity contribution is 7.99. The third kappa shape index (κ3) is 6.53. The molecule has 3 fully saturated rings. The molecule has 5 heterocycles. The first-order valence-electron chi connectivity index (χ1n) is 14.4. The van der Waals surface area contributed by atoms with Crippen LogP contribution in [0.2, 0.25) is 5.02 Å². The minimum Gasteiger partial charge on any atom is -0.355 e. The number of nitrogens with one attached hydrogen (secondary N) is 1. The standard InChI is InChI=1S/C29H37ClN10OS.ClH/c1-18-20(41)14-29(26(18)31)7-12-39(13-8-29)23-15-35-24(16-34-23)42-21-4-9-32-27(25(21)30)36-22-5-10-33-28(37-22)40-11-6-19(17-40)38(2)3;/h4-5,9-10,15-16,18-19,26H,6-8,11-14,17,31H2,1-3H3,(H,32,33,36,37);1H/t18-,19+,26+;/m1./s1. The summed E-state index contributed by atoms with van der Waals surface area (Å²) in [6.45, 7) is 5.42. The number of likely N-dealkylation sites (N-methyl/N-ethyl adjacent to an activating group) is 1. The van der Waals surface area contributed by atoms with E-state index < -0.39 is 0 Å². The van der Waals surface area contributed by atoms with Crippen molar-refractivity contribution in [2.24, 2.45) is 17.1 Å². The van der Waals surface area contributed by atoms with Gasteiger partial charge in [-0.2, -0.15) is 4.98 Å². The van der Waals surface area contributed by atoms with Crippen molar-refractivity contribution in [3.63, 3.8) is 0 Å². The number of pyridine rings is 1. The molecule has 14 heteroatoms. The van der Waals surface area contributed by atoms with Crippen molar-refractivity contribution in [2.45, 2.75) is 54.6 Å². The molecule has 43 heavy (non-hydrogen) atoms. The summed E-state index contributed by atoms with van der Waals surface area (Å²) < 4.78 is 0. The van der Waals surface area contributed by atoms with Crippen molar-refractivity contribution in [3.8, 4) is 0 Å². The number of aromatic nitrogens is 5. The van der Waals surface area contributed by atoms with Crippen LogP contribution in [0, 0.1) is 11.3 Å². The fourth-order valence-corrected chi connectivity index (χ4v) is 7.34. The van der Waals surface area contributed by atoms with Crippen molar-refractivity contribution in [1.29, 1.82) is 0 Å². The molecule has 3 aliphatic rings. The molecule has 1 saturated carbocycles. The summed E-state index contributed by atoms with van der Waals surface area (Å²) in [7, 11) is 4.21. The second-order valence-corrected chi connectivity index (χ2v) is 13.3. The van der Waals surface area contributed by atoms with Crippen molar-refractivity contribution < 1.29 is 4.79 Å². The molecule has 0 aromatic carbocycles. The SMILES string of the molecule is C[C@@H]1C(=O)CC2(CCN(c3cnc(Sc4ccnc(Nc5ccnc(N6CC[C@H](N(C)C)C6)n5)c4Cl)cn3)CC2)[C@H]1N.Cl. The van der Waals surface area contributed by atoms with E-state index in [-0.39, 0.29) is 29.8 Å². The number of rotatable bonds is 7. The molecule has 2 saturated heterocycles. The lowest BCUT2D eigenvalue weighted by molar-refractivity contribution is -0.120. The zero-order chi connectivity index (χ0) is 29.4. The average molecular weight is 646 g/mol. The van der Waals surface area contributed by atoms with Crippen LogP contribution in [0.3, 0.4) is 0 Å². The highest BCUT2D eigenvalue weighted by atomic mass is 35.5. The summed E-state index contributed by atoms with van der Waals surface area (Å²) in [6.07, 6.45) is 10.5. The lowest BCUT2D eigenvalue weighted by Crippen LogP contribution is -2.48. The highest BCUT2D eigenvalue weighted by Crippen LogP contribution is 2.46. The largest absolute Gasteiger partial charge is 0.355 e. The Bertz CT molecular complexity index is 1440. The Labute approximate surface area is 267 Å². The van der Waals surface area contributed by atoms with Crippen molar-refractivity contribution in [2.75, 3.05) is 55.4 Å². The molecular weight excluding hydrogens is 607 g/mol. The van der Waals surface area contributed by atoms with Gasteiger partial charge in [0.1, 0.15) is 22.4 Å². The van der Waals surface area contributed by atoms with Crippen LogP contribution < -0.4 is 20.9 Å². The fraction of sp³-hybridized carbons (Fsp3) is 0.517. The van der Waals surface area contributed by atoms with E-state index in [0.29, 0.717) is 40.9 Å². The Balaban J connectivity index is 0.00000368. The second-order valence-electron chi connectivity index (χ2n) is 11.8. The number of halogens is 2. The number of hydrogen-bond donors (Lipinski definition) is 2. The molecule has 0 amide bonds. The molecule has 1 spiro atoms. The monoisotopic (exact) mass is 644 g/mol. The number of carbonyl (C=O) groups excluding carboxylic acids is 1. The van der Waals surface area contributed by atoms with Gasteiger partial charge in [0, 0.05) is 67.9 Å². The lowest BCUT2D eigenvalue weighted by Gasteiger charge is -2.42. The predicted molar refractivity (Wildman–Crippen MR) is 173 cm³/mol. The average Bonchev–Trinajstić information content (AvgIpc) is 3.57. The number of piperidine rings is 1. The number of anilines is 4. The number of nitrogens with zero attached hydrogens (tertiary/aromatic N) is 8. The third-order valence-corrected chi connectivity index (χ3v) is 10.6. The summed E-state index contributed by atoms with van der Waals surface area (Å²) in [4.78, 5) is 42.8. The molecule has 1 aliphatic carbocycles. The van der Waals surface area contributed by atoms with Gasteiger partial charge in [0.05, 0.1) is 17.4 Å². The Hall–Kier alpha value is -2.77. The minimum atomic E-state index is -0.0727. The van der Waals surface area contributed by atoms with Crippen LogP contribution in [0.25, 0.3) is 0 Å². The topological polar surface area (TPSA) is 129 Å². The van der Waals surface area contributed by atoms with Gasteiger partial charge in [-0.1, -0.05) is 30.3 Å². The molecule has 6 rings (SSSR count). The molecule has 0 radical (unpaired) electrons. The van der Waals surface area contributed by atoms with Gasteiger partial charge < -0.3 is 25.8 Å². The summed E-state index contributed by atoms with van der Waals surface area (Å²) in [5, 5.41) is 4.48. The van der Waals surface area contributed by atoms with Crippen molar-refractivity contribution in [3.05, 3.63) is 41.9 Å². The highest BCUT2D eigenvalue weighted by Gasteiger charge is 2.50. The van der Waals surface area contributed by atoms with Crippen LogP contribution in [-0.4, -0.2) is 88.0 Å². The van der Waals surface area contributed by atoms with Crippen molar-refractivity contribution >= 4 is 65.0 Å². The summed E-state index contributed by atoms with van der Waals surface area (Å²) in [5.41, 5.74) is 6.40. The van der Waals surface area contributed by atoms with Gasteiger partial charge in [-0.25, -0.2) is 19.9 Å². The number of ketones is 1. The molecule has 230 valence electrons. The normalized spacial score (nSPS) is 23.2. The van der Waals surface area contributed by atoms with Crippen LogP contribution in [-0.2, 0) is 4.79 Å². The number of hydrogen-bond acceptors (Lipinski definition) is 12. The van der Waals surface area contributed by atoms with E-state index in [4.69, 9.17) is 27.3 Å². The number of Topliss-reactive ketones (excluding diaryl/α,β-unsaturated/α-hetero) is 1. The Morgan fingerprint density at radius 3 is 2.49 bits per heavy atom. The number of nitrogens with two attached hydrogens (primary N) is 1. The first kappa shape index (κ1) is 31.6. The molecule has 3 aromatic heterocycles. The Morgan fingerprint density at radius 1 is 1.07 bits per heavy atom. The van der Waals surface area contributed by atoms with E-state index in [1.807, 2.05) is 19.1 Å². The first-order chi connectivity index (χ1) is 20.2. The maximum atomic E-state index is 12.3. The molecule has 2 aliphatic heterocycles. The molecule has 3 aromatic rings. The summed E-state index contributed by atoms with van der Waals surface area (Å²) >= 11 is 8.21. The molecular formula is C29H38Cl2N10OS. The molecule has 3 atom stereocenters. The molecule has 0 unspecified atom stereocenters. The fourth-order valence-electron chi connectivity index (χ4n) is 6.31. The van der Waals surface area contributed by atoms with Crippen LogP contribution in [0.5, 0.6) is 0 Å². The predicted octanol–water partition coefficient (Wildman–Crippen LogP) is 4.29. The first-order valence-corrected chi connectivity index (χ1v) is 15.6. The smallest absolute Gasteiger partial charge is 0.227 e. The van der Waals surface area contributed by atoms with E-state index in [0.717, 1.165) is 61.2 Å². The van der Waals surface area contributed by atoms with E-state index in [2.05, 4.69) is 49.1 Å². The molecule has 3 N–H and O–H groups in total. The number of carbonyl (C=O) groups is 1. The van der Waals surface area contributed by atoms with Crippen LogP contribution in [0.4, 0.5) is 23.4 Å². The Kier molecular flexibility index (Phi) is 9.62. The van der Waals surface area contributed by atoms with E-state index in [9.17, 15) is 4.79 Å². The third-order valence-electron chi connectivity index (χ3n) is 9.11. The van der Waals surface area contributed by atoms with Gasteiger partial charge in [-0.3, -0.25) is 4.79 Å². The Morgan fingerprint density at radius 2 is 1.84 bits per heavy atom. The van der Waals surface area contributed by atoms with E-state index in [1.54, 1.807) is 24.8 Å². The summed E-state index contributed by atoms with van der Waals surface area (Å²) in [5.74, 6) is 2.93. The lowest BCUT2D eigenvalue weighted by atomic mass is 9.73. The maximum absolute atomic E-state index is 12.3. The van der Waals surface area contributed by atoms with Gasteiger partial charge in [0.15, 0.2) is 5.82 Å². The van der Waals surface area contributed by atoms with E-state index >= 15 is 0 Å². The van der Waals surface area contributed by atoms with Crippen LogP contribution in [0.1, 0.15) is 32.6 Å². The molecule has 11 nitrogen and oxygen atoms in total. The van der Waals surface area contributed by atoms with Crippen LogP contribution >= 0.6 is 35.8 Å². The van der Waals surface area contributed by atoms with Gasteiger partial charge in [0.2, 0.25) is 5.95 Å². The van der Waals surface area contributed by atoms with Gasteiger partial charge in [-0.05, 0) is 50.9 Å².